The number of hydrogen-bond donors (Lipinski definition) is 0. The van der Waals surface area contributed by atoms with Crippen LogP contribution in [0.5, 0.6) is 5.75 Å². The molecule has 1 nitrogen and oxygen atoms in total. The molecule has 0 aliphatic heterocycles. The smallest absolute Gasteiger partial charge is 0.397 e. The molecule has 1 aromatic carbocycles. The first-order valence-electron chi connectivity index (χ1n) is 5.27. The van der Waals surface area contributed by atoms with Crippen LogP contribution in [0.4, 0.5) is 8.78 Å². The highest BCUT2D eigenvalue weighted by atomic mass is 35.5. The zero-order valence-electron chi connectivity index (χ0n) is 9.98. The lowest BCUT2D eigenvalue weighted by Crippen LogP contribution is -2.23. The van der Waals surface area contributed by atoms with E-state index in [1.807, 2.05) is 13.8 Å². The summed E-state index contributed by atoms with van der Waals surface area (Å²) in [6.45, 7) is 7.14. The topological polar surface area (TPSA) is 9.23 Å². The van der Waals surface area contributed by atoms with Crippen molar-refractivity contribution in [3.8, 4) is 5.75 Å². The fraction of sp³-hybridized carbons (Fsp3) is 0.500. The van der Waals surface area contributed by atoms with Crippen LogP contribution >= 0.6 is 11.6 Å². The molecular weight excluding hydrogens is 234 g/mol. The number of ether oxygens (including phenoxy) is 1. The highest BCUT2D eigenvalue weighted by molar-refractivity contribution is 6.32. The van der Waals surface area contributed by atoms with E-state index in [9.17, 15) is 8.78 Å². The summed E-state index contributed by atoms with van der Waals surface area (Å²) in [7, 11) is 0. The monoisotopic (exact) mass is 250 g/mol. The van der Waals surface area contributed by atoms with Gasteiger partial charge in [0.1, 0.15) is 5.75 Å². The van der Waals surface area contributed by atoms with Crippen LogP contribution in [0.15, 0.2) is 18.2 Å². The second-order valence-corrected chi connectivity index (χ2v) is 3.43. The molecule has 92 valence electrons. The quantitative estimate of drug-likeness (QED) is 0.729. The normalized spacial score (nSPS) is 10.4. The first kappa shape index (κ1) is 15.2. The van der Waals surface area contributed by atoms with E-state index in [4.69, 9.17) is 11.6 Å². The second kappa shape index (κ2) is 6.69. The number of rotatable bonds is 3. The lowest BCUT2D eigenvalue weighted by Gasteiger charge is -2.17. The van der Waals surface area contributed by atoms with Crippen LogP contribution in [0.3, 0.4) is 0 Å². The van der Waals surface area contributed by atoms with Crippen LogP contribution in [0.2, 0.25) is 5.02 Å². The Balaban J connectivity index is 0.00000106. The highest BCUT2D eigenvalue weighted by Gasteiger charge is 2.29. The summed E-state index contributed by atoms with van der Waals surface area (Å²) in [5, 5.41) is 0.198. The molecule has 4 heteroatoms. The van der Waals surface area contributed by atoms with Crippen molar-refractivity contribution in [2.75, 3.05) is 0 Å². The van der Waals surface area contributed by atoms with E-state index in [2.05, 4.69) is 4.74 Å². The molecule has 0 radical (unpaired) electrons. The molecule has 0 aromatic heterocycles. The first-order valence-corrected chi connectivity index (χ1v) is 5.65. The fourth-order valence-electron chi connectivity index (χ4n) is 0.922. The van der Waals surface area contributed by atoms with Crippen molar-refractivity contribution in [3.63, 3.8) is 0 Å². The Morgan fingerprint density at radius 1 is 1.31 bits per heavy atom. The van der Waals surface area contributed by atoms with E-state index < -0.39 is 6.11 Å². The molecule has 1 aromatic rings. The van der Waals surface area contributed by atoms with E-state index in [1.54, 1.807) is 13.0 Å². The molecule has 16 heavy (non-hydrogen) atoms. The molecule has 0 aliphatic carbocycles. The van der Waals surface area contributed by atoms with Gasteiger partial charge in [-0.15, -0.1) is 0 Å². The molecule has 0 saturated carbocycles. The van der Waals surface area contributed by atoms with Crippen molar-refractivity contribution in [2.45, 2.75) is 40.2 Å². The van der Waals surface area contributed by atoms with Crippen molar-refractivity contribution in [3.05, 3.63) is 28.8 Å². The van der Waals surface area contributed by atoms with Gasteiger partial charge in [0, 0.05) is 6.42 Å². The summed E-state index contributed by atoms with van der Waals surface area (Å²) < 4.78 is 30.2. The molecule has 1 rings (SSSR count). The minimum Gasteiger partial charge on any atom is -0.431 e. The average Bonchev–Trinajstić information content (AvgIpc) is 2.26. The molecule has 0 amide bonds. The number of halogens is 3. The number of aryl methyl sites for hydroxylation is 1. The van der Waals surface area contributed by atoms with Gasteiger partial charge in [-0.25, -0.2) is 0 Å². The maximum absolute atomic E-state index is 12.9. The Labute approximate surface area is 100 Å². The van der Waals surface area contributed by atoms with Gasteiger partial charge in [-0.05, 0) is 24.6 Å². The van der Waals surface area contributed by atoms with Gasteiger partial charge in [-0.3, -0.25) is 0 Å². The predicted molar refractivity (Wildman–Crippen MR) is 63.4 cm³/mol. The third kappa shape index (κ3) is 4.79. The van der Waals surface area contributed by atoms with E-state index in [-0.39, 0.29) is 17.2 Å². The van der Waals surface area contributed by atoms with Gasteiger partial charge in [0.25, 0.3) is 0 Å². The molecule has 0 saturated heterocycles. The Morgan fingerprint density at radius 3 is 2.38 bits per heavy atom. The standard InChI is InChI=1S/C10H11ClF2O.C2H6/c1-3-10(12,13)14-9-6-7(2)4-5-8(9)11;1-2/h4-6H,3H2,1-2H3;1-2H3. The summed E-state index contributed by atoms with van der Waals surface area (Å²) >= 11 is 5.70. The lowest BCUT2D eigenvalue weighted by atomic mass is 10.2. The van der Waals surface area contributed by atoms with Gasteiger partial charge >= 0.3 is 6.11 Å². The summed E-state index contributed by atoms with van der Waals surface area (Å²) in [6, 6.07) is 4.77. The molecular formula is C12H17ClF2O. The minimum absolute atomic E-state index is 0.0264. The van der Waals surface area contributed by atoms with Crippen molar-refractivity contribution in [1.29, 1.82) is 0 Å². The van der Waals surface area contributed by atoms with Crippen molar-refractivity contribution in [2.24, 2.45) is 0 Å². The summed E-state index contributed by atoms with van der Waals surface area (Å²) in [4.78, 5) is 0. The van der Waals surface area contributed by atoms with Gasteiger partial charge in [0.05, 0.1) is 5.02 Å². The first-order chi connectivity index (χ1) is 7.44. The summed E-state index contributed by atoms with van der Waals surface area (Å²) in [5.74, 6) is 0.0264. The molecule has 0 fully saturated rings. The SMILES string of the molecule is CC.CCC(F)(F)Oc1cc(C)ccc1Cl. The molecule has 0 atom stereocenters. The minimum atomic E-state index is -3.16. The predicted octanol–water partition coefficient (Wildman–Crippen LogP) is 5.06. The summed E-state index contributed by atoms with van der Waals surface area (Å²) in [6.07, 6.45) is -3.53. The van der Waals surface area contributed by atoms with E-state index >= 15 is 0 Å². The van der Waals surface area contributed by atoms with Crippen LogP contribution in [0, 0.1) is 6.92 Å². The van der Waals surface area contributed by atoms with Gasteiger partial charge in [0.2, 0.25) is 0 Å². The second-order valence-electron chi connectivity index (χ2n) is 3.03. The summed E-state index contributed by atoms with van der Waals surface area (Å²) in [5.41, 5.74) is 0.830. The van der Waals surface area contributed by atoms with Gasteiger partial charge < -0.3 is 4.74 Å². The van der Waals surface area contributed by atoms with Crippen LogP contribution in [-0.2, 0) is 0 Å². The van der Waals surface area contributed by atoms with Crippen molar-refractivity contribution >= 4 is 11.6 Å². The van der Waals surface area contributed by atoms with E-state index in [0.717, 1.165) is 5.56 Å². The molecule has 0 unspecified atom stereocenters. The Morgan fingerprint density at radius 2 is 1.88 bits per heavy atom. The van der Waals surface area contributed by atoms with Crippen LogP contribution in [-0.4, -0.2) is 6.11 Å². The lowest BCUT2D eigenvalue weighted by molar-refractivity contribution is -0.177. The van der Waals surface area contributed by atoms with E-state index in [0.29, 0.717) is 0 Å². The van der Waals surface area contributed by atoms with Crippen LogP contribution in [0.25, 0.3) is 0 Å². The van der Waals surface area contributed by atoms with Crippen molar-refractivity contribution in [1.82, 2.24) is 0 Å². The molecule has 0 heterocycles. The van der Waals surface area contributed by atoms with Crippen LogP contribution in [0.1, 0.15) is 32.8 Å². The van der Waals surface area contributed by atoms with Crippen LogP contribution < -0.4 is 4.74 Å². The number of benzene rings is 1. The zero-order chi connectivity index (χ0) is 12.8. The van der Waals surface area contributed by atoms with Gasteiger partial charge in [-0.1, -0.05) is 38.4 Å². The number of alkyl halides is 2. The Hall–Kier alpha value is -0.830. The molecule has 0 aliphatic rings. The number of hydrogen-bond acceptors (Lipinski definition) is 1. The van der Waals surface area contributed by atoms with Gasteiger partial charge in [-0.2, -0.15) is 8.78 Å². The molecule has 0 N–H and O–H groups in total. The Kier molecular flexibility index (Phi) is 6.34. The Bertz CT molecular complexity index is 327. The van der Waals surface area contributed by atoms with Crippen molar-refractivity contribution < 1.29 is 13.5 Å². The third-order valence-electron chi connectivity index (χ3n) is 1.76. The van der Waals surface area contributed by atoms with E-state index in [1.165, 1.54) is 19.1 Å². The highest BCUT2D eigenvalue weighted by Crippen LogP contribution is 2.31. The maximum Gasteiger partial charge on any atom is 0.397 e. The average molecular weight is 251 g/mol. The molecule has 0 bridgehead atoms. The fourth-order valence-corrected chi connectivity index (χ4v) is 1.08. The molecule has 0 spiro atoms. The third-order valence-corrected chi connectivity index (χ3v) is 2.07. The van der Waals surface area contributed by atoms with Gasteiger partial charge in [0.15, 0.2) is 0 Å². The largest absolute Gasteiger partial charge is 0.431 e. The maximum atomic E-state index is 12.9. The zero-order valence-corrected chi connectivity index (χ0v) is 10.7.